The van der Waals surface area contributed by atoms with Crippen molar-refractivity contribution >= 4 is 34.4 Å². The molecule has 1 N–H and O–H groups in total. The number of rotatable bonds is 4. The Bertz CT molecular complexity index is 932. The second kappa shape index (κ2) is 7.41. The molecule has 3 nitrogen and oxygen atoms in total. The van der Waals surface area contributed by atoms with Gasteiger partial charge in [-0.3, -0.25) is 4.98 Å². The molecule has 1 aliphatic rings. The smallest absolute Gasteiger partial charge is 0.174 e. The molecule has 4 rings (SSSR count). The summed E-state index contributed by atoms with van der Waals surface area (Å²) < 4.78 is 0. The van der Waals surface area contributed by atoms with Gasteiger partial charge in [-0.2, -0.15) is 0 Å². The molecule has 0 radical (unpaired) electrons. The Morgan fingerprint density at radius 1 is 1.11 bits per heavy atom. The summed E-state index contributed by atoms with van der Waals surface area (Å²) >= 11 is 7.55. The molecule has 138 valence electrons. The number of anilines is 1. The largest absolute Gasteiger partial charge is 0.351 e. The zero-order chi connectivity index (χ0) is 19.0. The molecule has 3 aromatic rings. The highest BCUT2D eigenvalue weighted by atomic mass is 32.1. The van der Waals surface area contributed by atoms with Crippen molar-refractivity contribution < 1.29 is 0 Å². The summed E-state index contributed by atoms with van der Waals surface area (Å²) in [5, 5.41) is 6.43. The third kappa shape index (κ3) is 3.37. The minimum Gasteiger partial charge on any atom is -0.351 e. The van der Waals surface area contributed by atoms with Crippen LogP contribution in [0.3, 0.4) is 0 Å². The van der Waals surface area contributed by atoms with Crippen molar-refractivity contribution in [3.8, 4) is 0 Å². The molecule has 0 aliphatic carbocycles. The predicted octanol–water partition coefficient (Wildman–Crippen LogP) is 5.75. The van der Waals surface area contributed by atoms with E-state index in [1.165, 1.54) is 16.0 Å². The third-order valence-corrected chi connectivity index (χ3v) is 6.51. The second-order valence-corrected chi connectivity index (χ2v) is 8.55. The Balaban J connectivity index is 1.79. The maximum atomic E-state index is 5.77. The number of benzene rings is 1. The molecule has 5 heteroatoms. The summed E-state index contributed by atoms with van der Waals surface area (Å²) in [6.07, 6.45) is 1.85. The lowest BCUT2D eigenvalue weighted by molar-refractivity contribution is 0.573. The molecule has 1 saturated heterocycles. The van der Waals surface area contributed by atoms with Gasteiger partial charge >= 0.3 is 0 Å². The van der Waals surface area contributed by atoms with Crippen molar-refractivity contribution in [2.24, 2.45) is 0 Å². The molecule has 0 unspecified atom stereocenters. The van der Waals surface area contributed by atoms with Gasteiger partial charge in [0.2, 0.25) is 0 Å². The summed E-state index contributed by atoms with van der Waals surface area (Å²) in [6.45, 7) is 6.60. The van der Waals surface area contributed by atoms with Gasteiger partial charge in [0.15, 0.2) is 5.11 Å². The minimum atomic E-state index is 0.0285. The predicted molar refractivity (Wildman–Crippen MR) is 118 cm³/mol. The summed E-state index contributed by atoms with van der Waals surface area (Å²) in [5.74, 6) is 0.513. The molecule has 0 spiro atoms. The first kappa shape index (κ1) is 18.1. The van der Waals surface area contributed by atoms with Crippen LogP contribution in [-0.2, 0) is 0 Å². The van der Waals surface area contributed by atoms with Gasteiger partial charge in [-0.05, 0) is 71.9 Å². The number of hydrogen-bond acceptors (Lipinski definition) is 3. The number of hydrogen-bond donors (Lipinski definition) is 1. The van der Waals surface area contributed by atoms with Gasteiger partial charge in [0, 0.05) is 16.8 Å². The molecule has 2 atom stereocenters. The van der Waals surface area contributed by atoms with Crippen molar-refractivity contribution in [2.45, 2.75) is 38.8 Å². The van der Waals surface area contributed by atoms with Gasteiger partial charge in [-0.1, -0.05) is 32.0 Å². The van der Waals surface area contributed by atoms with E-state index < -0.39 is 0 Å². The summed E-state index contributed by atoms with van der Waals surface area (Å²) in [7, 11) is 0. The molecule has 0 bridgehead atoms. The molecule has 1 aliphatic heterocycles. The Labute approximate surface area is 170 Å². The van der Waals surface area contributed by atoms with E-state index in [2.05, 4.69) is 77.8 Å². The number of thiocarbonyl (C=S) groups is 1. The topological polar surface area (TPSA) is 28.2 Å². The van der Waals surface area contributed by atoms with Crippen LogP contribution in [0.2, 0.25) is 0 Å². The summed E-state index contributed by atoms with van der Waals surface area (Å²) in [4.78, 5) is 8.18. The van der Waals surface area contributed by atoms with E-state index in [1.807, 2.05) is 18.3 Å². The van der Waals surface area contributed by atoms with Crippen LogP contribution in [0.5, 0.6) is 0 Å². The number of pyridine rings is 1. The standard InChI is InChI=1S/C22H23N3S2/c1-14(2)16-7-9-17(10-8-16)25-20(21-15(3)11-13-27-21)19(24-22(25)26)18-6-4-5-12-23-18/h4-14,19-20H,1-3H3,(H,24,26)/t19-,20-/m0/s1. The van der Waals surface area contributed by atoms with Crippen LogP contribution in [0.4, 0.5) is 5.69 Å². The SMILES string of the molecule is Cc1ccsc1[C@@H]1[C@H](c2ccccn2)NC(=S)N1c1ccc(C(C)C)cc1. The summed E-state index contributed by atoms with van der Waals surface area (Å²) in [5.41, 5.74) is 4.76. The van der Waals surface area contributed by atoms with Crippen LogP contribution >= 0.6 is 23.6 Å². The average molecular weight is 394 g/mol. The number of nitrogens with one attached hydrogen (secondary N) is 1. The Hall–Kier alpha value is -2.24. The lowest BCUT2D eigenvalue weighted by Crippen LogP contribution is -2.29. The van der Waals surface area contributed by atoms with Crippen molar-refractivity contribution in [2.75, 3.05) is 4.90 Å². The lowest BCUT2D eigenvalue weighted by Gasteiger charge is -2.28. The first-order valence-corrected chi connectivity index (χ1v) is 10.5. The monoisotopic (exact) mass is 393 g/mol. The zero-order valence-corrected chi connectivity index (χ0v) is 17.3. The molecule has 0 amide bonds. The van der Waals surface area contributed by atoms with E-state index in [0.29, 0.717) is 5.92 Å². The fraction of sp³-hybridized carbons (Fsp3) is 0.273. The molecule has 27 heavy (non-hydrogen) atoms. The minimum absolute atomic E-state index is 0.0285. The fourth-order valence-electron chi connectivity index (χ4n) is 3.61. The average Bonchev–Trinajstić information content (AvgIpc) is 3.25. The van der Waals surface area contributed by atoms with Gasteiger partial charge in [0.1, 0.15) is 0 Å². The zero-order valence-electron chi connectivity index (χ0n) is 15.7. The van der Waals surface area contributed by atoms with E-state index >= 15 is 0 Å². The molecule has 2 aromatic heterocycles. The van der Waals surface area contributed by atoms with Crippen molar-refractivity contribution in [1.82, 2.24) is 10.3 Å². The van der Waals surface area contributed by atoms with E-state index in [-0.39, 0.29) is 12.1 Å². The molecule has 0 saturated carbocycles. The number of aromatic nitrogens is 1. The molecule has 1 aromatic carbocycles. The van der Waals surface area contributed by atoms with Gasteiger partial charge < -0.3 is 10.2 Å². The highest BCUT2D eigenvalue weighted by Crippen LogP contribution is 2.44. The van der Waals surface area contributed by atoms with Crippen molar-refractivity contribution in [1.29, 1.82) is 0 Å². The maximum absolute atomic E-state index is 5.77. The Morgan fingerprint density at radius 2 is 1.89 bits per heavy atom. The molecule has 3 heterocycles. The first-order chi connectivity index (χ1) is 13.1. The van der Waals surface area contributed by atoms with Crippen LogP contribution < -0.4 is 10.2 Å². The van der Waals surface area contributed by atoms with E-state index in [9.17, 15) is 0 Å². The van der Waals surface area contributed by atoms with Crippen LogP contribution in [0.15, 0.2) is 60.1 Å². The van der Waals surface area contributed by atoms with E-state index in [4.69, 9.17) is 12.2 Å². The lowest BCUT2D eigenvalue weighted by atomic mass is 9.99. The van der Waals surface area contributed by atoms with Crippen molar-refractivity contribution in [3.05, 3.63) is 81.8 Å². The van der Waals surface area contributed by atoms with Crippen molar-refractivity contribution in [3.63, 3.8) is 0 Å². The maximum Gasteiger partial charge on any atom is 0.174 e. The number of thiophene rings is 1. The van der Waals surface area contributed by atoms with E-state index in [1.54, 1.807) is 11.3 Å². The fourth-order valence-corrected chi connectivity index (χ4v) is 5.01. The third-order valence-electron chi connectivity index (χ3n) is 5.11. The van der Waals surface area contributed by atoms with Crippen LogP contribution in [0, 0.1) is 6.92 Å². The summed E-state index contributed by atoms with van der Waals surface area (Å²) in [6, 6.07) is 17.1. The van der Waals surface area contributed by atoms with Gasteiger partial charge in [0.25, 0.3) is 0 Å². The van der Waals surface area contributed by atoms with Crippen LogP contribution in [0.25, 0.3) is 0 Å². The van der Waals surface area contributed by atoms with Gasteiger partial charge in [-0.15, -0.1) is 11.3 Å². The number of nitrogens with zero attached hydrogens (tertiary/aromatic N) is 2. The molecular weight excluding hydrogens is 370 g/mol. The van der Waals surface area contributed by atoms with Gasteiger partial charge in [0.05, 0.1) is 17.8 Å². The molecule has 1 fully saturated rings. The first-order valence-electron chi connectivity index (χ1n) is 9.21. The Kier molecular flexibility index (Phi) is 4.98. The van der Waals surface area contributed by atoms with Gasteiger partial charge in [-0.25, -0.2) is 0 Å². The second-order valence-electron chi connectivity index (χ2n) is 7.21. The van der Waals surface area contributed by atoms with Crippen LogP contribution in [0.1, 0.15) is 53.5 Å². The highest BCUT2D eigenvalue weighted by Gasteiger charge is 2.41. The van der Waals surface area contributed by atoms with E-state index in [0.717, 1.165) is 16.5 Å². The quantitative estimate of drug-likeness (QED) is 0.571. The number of aryl methyl sites for hydroxylation is 1. The normalized spacial score (nSPS) is 19.6. The Morgan fingerprint density at radius 3 is 2.48 bits per heavy atom. The van der Waals surface area contributed by atoms with Crippen LogP contribution in [-0.4, -0.2) is 10.1 Å². The highest BCUT2D eigenvalue weighted by molar-refractivity contribution is 7.80. The molecular formula is C22H23N3S2.